The summed E-state index contributed by atoms with van der Waals surface area (Å²) in [5.74, 6) is -0.959. The van der Waals surface area contributed by atoms with Crippen LogP contribution >= 0.6 is 7.82 Å². The van der Waals surface area contributed by atoms with Crippen LogP contribution in [0.2, 0.25) is 0 Å². The number of unbranched alkanes of at least 4 members (excludes halogenated alkanes) is 23. The molecule has 0 aliphatic rings. The van der Waals surface area contributed by atoms with E-state index in [0.717, 1.165) is 57.8 Å². The van der Waals surface area contributed by atoms with Gasteiger partial charge in [0.1, 0.15) is 6.61 Å². The van der Waals surface area contributed by atoms with Crippen molar-refractivity contribution in [3.63, 3.8) is 0 Å². The Labute approximate surface area is 323 Å². The largest absolute Gasteiger partial charge is 0.756 e. The molecular formula is C41H81NO10P-. The van der Waals surface area contributed by atoms with Crippen molar-refractivity contribution in [3.05, 3.63) is 0 Å². The number of nitrogens with two attached hydrogens (primary N) is 1. The van der Waals surface area contributed by atoms with Crippen LogP contribution in [-0.4, -0.2) is 66.8 Å². The van der Waals surface area contributed by atoms with Gasteiger partial charge in [-0.2, -0.15) is 0 Å². The molecule has 0 aromatic rings. The summed E-state index contributed by atoms with van der Waals surface area (Å²) >= 11 is 0. The monoisotopic (exact) mass is 779 g/mol. The van der Waals surface area contributed by atoms with Gasteiger partial charge < -0.3 is 39.4 Å². The third kappa shape index (κ3) is 36.3. The van der Waals surface area contributed by atoms with Crippen molar-refractivity contribution in [2.24, 2.45) is 5.73 Å². The van der Waals surface area contributed by atoms with Crippen LogP contribution in [0, 0.1) is 0 Å². The maximum absolute atomic E-state index is 12.6. The lowest BCUT2D eigenvalue weighted by molar-refractivity contribution is -0.228. The molecule has 0 bridgehead atoms. The quantitative estimate of drug-likeness (QED) is 0.0306. The van der Waals surface area contributed by atoms with E-state index < -0.39 is 44.7 Å². The van der Waals surface area contributed by atoms with Crippen LogP contribution in [0.4, 0.5) is 0 Å². The van der Waals surface area contributed by atoms with Gasteiger partial charge in [-0.05, 0) is 25.7 Å². The van der Waals surface area contributed by atoms with E-state index in [2.05, 4.69) is 18.4 Å². The first kappa shape index (κ1) is 51.9. The van der Waals surface area contributed by atoms with Gasteiger partial charge in [-0.3, -0.25) is 14.2 Å². The first-order valence-electron chi connectivity index (χ1n) is 21.7. The summed E-state index contributed by atoms with van der Waals surface area (Å²) in [5.41, 5.74) is 5.31. The molecule has 0 aliphatic carbocycles. The van der Waals surface area contributed by atoms with Gasteiger partial charge in [0, 0.05) is 19.4 Å². The van der Waals surface area contributed by atoms with Crippen LogP contribution < -0.4 is 10.6 Å². The first-order valence-corrected chi connectivity index (χ1v) is 23.1. The number of carbonyl (C=O) groups excluding carboxylic acids is 2. The highest BCUT2D eigenvalue weighted by Crippen LogP contribution is 2.38. The second kappa shape index (κ2) is 37.8. The summed E-state index contributed by atoms with van der Waals surface area (Å²) in [7, 11) is -4.65. The average Bonchev–Trinajstić information content (AvgIpc) is 3.14. The third-order valence-corrected chi connectivity index (χ3v) is 10.6. The van der Waals surface area contributed by atoms with E-state index in [9.17, 15) is 29.3 Å². The highest BCUT2D eigenvalue weighted by atomic mass is 31.2. The third-order valence-electron chi connectivity index (χ3n) is 9.68. The second-order valence-corrected chi connectivity index (χ2v) is 16.3. The van der Waals surface area contributed by atoms with Crippen LogP contribution in [-0.2, 0) is 32.7 Å². The van der Waals surface area contributed by atoms with E-state index in [1.165, 1.54) is 96.3 Å². The lowest BCUT2D eigenvalue weighted by atomic mass is 9.99. The molecule has 12 heteroatoms. The molecule has 0 amide bonds. The summed E-state index contributed by atoms with van der Waals surface area (Å²) in [6, 6.07) is 0. The molecular weight excluding hydrogens is 697 g/mol. The number of hydrogen-bond donors (Lipinski definition) is 3. The Balaban J connectivity index is 4.23. The normalized spacial score (nSPS) is 14.5. The van der Waals surface area contributed by atoms with Crippen molar-refractivity contribution in [2.75, 3.05) is 26.4 Å². The Morgan fingerprint density at radius 3 is 1.36 bits per heavy atom. The van der Waals surface area contributed by atoms with Crippen LogP contribution in [0.5, 0.6) is 0 Å². The standard InChI is InChI=1S/C41H82NO10P/c1-3-5-7-9-11-12-13-14-15-16-17-18-19-23-28-32-41(46)52-37(36-51-53(47,48)50-34-33-42)35-49-40(45)31-27-24-20-22-26-30-39(44)38(43)29-25-21-10-8-6-4-2/h37-39,43-44H,3-36,42H2,1-2H3,(H,47,48)/p-1/t37-,38?,39?/m1/s1. The van der Waals surface area contributed by atoms with E-state index >= 15 is 0 Å². The molecule has 11 nitrogen and oxygen atoms in total. The Morgan fingerprint density at radius 1 is 0.566 bits per heavy atom. The molecule has 0 spiro atoms. The fourth-order valence-electron chi connectivity index (χ4n) is 6.31. The molecule has 0 saturated heterocycles. The molecule has 0 rings (SSSR count). The van der Waals surface area contributed by atoms with Crippen LogP contribution in [0.3, 0.4) is 0 Å². The van der Waals surface area contributed by atoms with Crippen molar-refractivity contribution in [2.45, 2.75) is 225 Å². The molecule has 0 aromatic heterocycles. The van der Waals surface area contributed by atoms with Gasteiger partial charge in [0.25, 0.3) is 7.82 Å². The number of phosphoric acid groups is 1. The molecule has 316 valence electrons. The molecule has 0 saturated carbocycles. The van der Waals surface area contributed by atoms with Gasteiger partial charge >= 0.3 is 11.9 Å². The average molecular weight is 779 g/mol. The Morgan fingerprint density at radius 2 is 0.943 bits per heavy atom. The van der Waals surface area contributed by atoms with Gasteiger partial charge in [-0.15, -0.1) is 0 Å². The van der Waals surface area contributed by atoms with Gasteiger partial charge in [0.2, 0.25) is 0 Å². The fraction of sp³-hybridized carbons (Fsp3) is 0.951. The number of carbonyl (C=O) groups is 2. The topological polar surface area (TPSA) is 178 Å². The Kier molecular flexibility index (Phi) is 37.1. The number of aliphatic hydroxyl groups excluding tert-OH is 2. The van der Waals surface area contributed by atoms with Gasteiger partial charge in [-0.1, -0.05) is 168 Å². The summed E-state index contributed by atoms with van der Waals surface area (Å²) in [4.78, 5) is 37.0. The summed E-state index contributed by atoms with van der Waals surface area (Å²) in [6.45, 7) is 3.35. The zero-order valence-corrected chi connectivity index (χ0v) is 34.9. The Bertz CT molecular complexity index is 880. The number of phosphoric ester groups is 1. The molecule has 0 aliphatic heterocycles. The van der Waals surface area contributed by atoms with E-state index in [-0.39, 0.29) is 32.6 Å². The van der Waals surface area contributed by atoms with E-state index in [4.69, 9.17) is 19.7 Å². The van der Waals surface area contributed by atoms with Crippen LogP contribution in [0.15, 0.2) is 0 Å². The minimum atomic E-state index is -4.65. The van der Waals surface area contributed by atoms with E-state index in [1.807, 2.05) is 0 Å². The zero-order chi connectivity index (χ0) is 39.3. The fourth-order valence-corrected chi connectivity index (χ4v) is 7.06. The number of hydrogen-bond acceptors (Lipinski definition) is 11. The van der Waals surface area contributed by atoms with Crippen molar-refractivity contribution >= 4 is 19.8 Å². The minimum Gasteiger partial charge on any atom is -0.756 e. The van der Waals surface area contributed by atoms with Crippen molar-refractivity contribution in [1.82, 2.24) is 0 Å². The highest BCUT2D eigenvalue weighted by molar-refractivity contribution is 7.45. The lowest BCUT2D eigenvalue weighted by Gasteiger charge is -2.25. The predicted molar refractivity (Wildman–Crippen MR) is 211 cm³/mol. The molecule has 3 unspecified atom stereocenters. The molecule has 0 heterocycles. The first-order chi connectivity index (χ1) is 25.6. The summed E-state index contributed by atoms with van der Waals surface area (Å²) < 4.78 is 32.3. The highest BCUT2D eigenvalue weighted by Gasteiger charge is 2.21. The summed E-state index contributed by atoms with van der Waals surface area (Å²) in [6.07, 6.45) is 28.4. The summed E-state index contributed by atoms with van der Waals surface area (Å²) in [5, 5.41) is 20.5. The molecule has 4 N–H and O–H groups in total. The second-order valence-electron chi connectivity index (χ2n) is 14.9. The van der Waals surface area contributed by atoms with Gasteiger partial charge in [-0.25, -0.2) is 0 Å². The number of rotatable bonds is 41. The van der Waals surface area contributed by atoms with E-state index in [1.54, 1.807) is 0 Å². The SMILES string of the molecule is CCCCCCCCCCCCCCCCCC(=O)O[C@H](COC(=O)CCCCCCCC(O)C(O)CCCCCCCC)COP(=O)([O-])OCCN. The number of esters is 2. The maximum Gasteiger partial charge on any atom is 0.306 e. The predicted octanol–water partition coefficient (Wildman–Crippen LogP) is 9.37. The number of aliphatic hydroxyl groups is 2. The van der Waals surface area contributed by atoms with Crippen LogP contribution in [0.25, 0.3) is 0 Å². The molecule has 0 fully saturated rings. The van der Waals surface area contributed by atoms with Gasteiger partial charge in [0.05, 0.1) is 25.4 Å². The van der Waals surface area contributed by atoms with Crippen LogP contribution in [0.1, 0.15) is 206 Å². The Hall–Kier alpha value is -1.07. The van der Waals surface area contributed by atoms with E-state index in [0.29, 0.717) is 25.7 Å². The van der Waals surface area contributed by atoms with Crippen molar-refractivity contribution in [1.29, 1.82) is 0 Å². The smallest absolute Gasteiger partial charge is 0.306 e. The molecule has 0 radical (unpaired) electrons. The lowest BCUT2D eigenvalue weighted by Crippen LogP contribution is -2.30. The maximum atomic E-state index is 12.6. The molecule has 53 heavy (non-hydrogen) atoms. The van der Waals surface area contributed by atoms with Gasteiger partial charge in [0.15, 0.2) is 6.10 Å². The zero-order valence-electron chi connectivity index (χ0n) is 34.0. The minimum absolute atomic E-state index is 0.00470. The van der Waals surface area contributed by atoms with Crippen molar-refractivity contribution in [3.8, 4) is 0 Å². The van der Waals surface area contributed by atoms with Crippen molar-refractivity contribution < 1.29 is 47.8 Å². The molecule has 4 atom stereocenters. The molecule has 0 aromatic carbocycles. The number of ether oxygens (including phenoxy) is 2.